The van der Waals surface area contributed by atoms with Gasteiger partial charge in [-0.3, -0.25) is 9.59 Å². The van der Waals surface area contributed by atoms with Crippen molar-refractivity contribution in [3.8, 4) is 6.07 Å². The van der Waals surface area contributed by atoms with E-state index in [1.54, 1.807) is 11.0 Å². The van der Waals surface area contributed by atoms with Crippen LogP contribution in [0.2, 0.25) is 0 Å². The van der Waals surface area contributed by atoms with Crippen LogP contribution in [0, 0.1) is 11.3 Å². The van der Waals surface area contributed by atoms with Crippen molar-refractivity contribution >= 4 is 17.5 Å². The summed E-state index contributed by atoms with van der Waals surface area (Å²) in [5, 5.41) is 14.4. The van der Waals surface area contributed by atoms with E-state index in [4.69, 9.17) is 5.26 Å². The van der Waals surface area contributed by atoms with Gasteiger partial charge in [0.25, 0.3) is 5.91 Å². The van der Waals surface area contributed by atoms with E-state index in [0.29, 0.717) is 0 Å². The van der Waals surface area contributed by atoms with E-state index in [1.807, 2.05) is 13.8 Å². The van der Waals surface area contributed by atoms with Gasteiger partial charge in [0.05, 0.1) is 6.54 Å². The SMILES string of the molecule is CON=C(C#N)C(=O)NCC(=O)N1C(C)CCCC1C. The van der Waals surface area contributed by atoms with Crippen LogP contribution in [0.3, 0.4) is 0 Å². The van der Waals surface area contributed by atoms with Gasteiger partial charge in [0.2, 0.25) is 11.6 Å². The van der Waals surface area contributed by atoms with Crippen LogP contribution in [0.1, 0.15) is 33.1 Å². The molecule has 0 aromatic rings. The average molecular weight is 280 g/mol. The van der Waals surface area contributed by atoms with Crippen molar-refractivity contribution in [1.82, 2.24) is 10.2 Å². The van der Waals surface area contributed by atoms with Gasteiger partial charge in [-0.25, -0.2) is 0 Å². The van der Waals surface area contributed by atoms with Gasteiger partial charge >= 0.3 is 0 Å². The molecular weight excluding hydrogens is 260 g/mol. The second kappa shape index (κ2) is 7.48. The number of rotatable bonds is 4. The lowest BCUT2D eigenvalue weighted by atomic mass is 9.97. The quantitative estimate of drug-likeness (QED) is 0.596. The standard InChI is InChI=1S/C13H20N4O3/c1-9-5-4-6-10(2)17(9)12(18)8-15-13(19)11(7-14)16-20-3/h9-10H,4-6,8H2,1-3H3,(H,15,19). The lowest BCUT2D eigenvalue weighted by Gasteiger charge is -2.39. The summed E-state index contributed by atoms with van der Waals surface area (Å²) in [6, 6.07) is 1.96. The fourth-order valence-corrected chi connectivity index (χ4v) is 2.45. The third-order valence-corrected chi connectivity index (χ3v) is 3.39. The van der Waals surface area contributed by atoms with Crippen LogP contribution in [-0.2, 0) is 14.4 Å². The molecule has 7 nitrogen and oxygen atoms in total. The molecule has 2 amide bonds. The summed E-state index contributed by atoms with van der Waals surface area (Å²) in [4.78, 5) is 29.9. The Balaban J connectivity index is 2.57. The fraction of sp³-hybridized carbons (Fsp3) is 0.692. The first-order valence-corrected chi connectivity index (χ1v) is 6.61. The van der Waals surface area contributed by atoms with Gasteiger partial charge in [0.1, 0.15) is 13.2 Å². The summed E-state index contributed by atoms with van der Waals surface area (Å²) in [5.74, 6) is -0.854. The Morgan fingerprint density at radius 2 is 2.00 bits per heavy atom. The predicted molar refractivity (Wildman–Crippen MR) is 72.7 cm³/mol. The maximum absolute atomic E-state index is 12.1. The second-order valence-electron chi connectivity index (χ2n) is 4.85. The Kier molecular flexibility index (Phi) is 5.97. The van der Waals surface area contributed by atoms with Gasteiger partial charge in [0.15, 0.2) is 0 Å². The number of carbonyl (C=O) groups excluding carboxylic acids is 2. The Bertz CT molecular complexity index is 431. The highest BCUT2D eigenvalue weighted by Crippen LogP contribution is 2.22. The maximum atomic E-state index is 12.1. The molecule has 1 N–H and O–H groups in total. The Labute approximate surface area is 118 Å². The Morgan fingerprint density at radius 3 is 2.50 bits per heavy atom. The van der Waals surface area contributed by atoms with Gasteiger partial charge in [-0.05, 0) is 33.1 Å². The topological polar surface area (TPSA) is 94.8 Å². The van der Waals surface area contributed by atoms with Gasteiger partial charge in [-0.15, -0.1) is 0 Å². The van der Waals surface area contributed by atoms with E-state index < -0.39 is 11.6 Å². The predicted octanol–water partition coefficient (Wildman–Crippen LogP) is 0.418. The molecule has 1 aliphatic heterocycles. The number of amides is 2. The van der Waals surface area contributed by atoms with Crippen LogP contribution in [0.15, 0.2) is 5.16 Å². The number of nitrogens with one attached hydrogen (secondary N) is 1. The molecule has 1 heterocycles. The molecule has 0 radical (unpaired) electrons. The molecule has 0 bridgehead atoms. The number of hydrogen-bond donors (Lipinski definition) is 1. The highest BCUT2D eigenvalue weighted by molar-refractivity contribution is 6.45. The highest BCUT2D eigenvalue weighted by atomic mass is 16.6. The first kappa shape index (κ1) is 16.0. The molecule has 7 heteroatoms. The van der Waals surface area contributed by atoms with Gasteiger partial charge < -0.3 is 15.1 Å². The number of nitrogens with zero attached hydrogens (tertiary/aromatic N) is 3. The van der Waals surface area contributed by atoms with Crippen LogP contribution < -0.4 is 5.32 Å². The van der Waals surface area contributed by atoms with Crippen molar-refractivity contribution in [2.75, 3.05) is 13.7 Å². The number of oxime groups is 1. The molecule has 0 aromatic carbocycles. The largest absolute Gasteiger partial charge is 0.398 e. The van der Waals surface area contributed by atoms with Crippen LogP contribution in [-0.4, -0.2) is 48.2 Å². The minimum absolute atomic E-state index is 0.141. The number of hydrogen-bond acceptors (Lipinski definition) is 5. The smallest absolute Gasteiger partial charge is 0.284 e. The summed E-state index contributed by atoms with van der Waals surface area (Å²) < 4.78 is 0. The Hall–Kier alpha value is -2.10. The maximum Gasteiger partial charge on any atom is 0.284 e. The molecule has 1 fully saturated rings. The first-order valence-electron chi connectivity index (χ1n) is 6.61. The van der Waals surface area contributed by atoms with E-state index >= 15 is 0 Å². The van der Waals surface area contributed by atoms with Crippen molar-refractivity contribution in [1.29, 1.82) is 5.26 Å². The van der Waals surface area contributed by atoms with E-state index in [0.717, 1.165) is 19.3 Å². The van der Waals surface area contributed by atoms with Crippen LogP contribution in [0.5, 0.6) is 0 Å². The zero-order valence-electron chi connectivity index (χ0n) is 12.0. The van der Waals surface area contributed by atoms with Crippen molar-refractivity contribution in [3.05, 3.63) is 0 Å². The molecule has 110 valence electrons. The lowest BCUT2D eigenvalue weighted by molar-refractivity contribution is -0.137. The summed E-state index contributed by atoms with van der Waals surface area (Å²) >= 11 is 0. The molecule has 0 aliphatic carbocycles. The van der Waals surface area contributed by atoms with Gasteiger partial charge in [0, 0.05) is 12.1 Å². The molecule has 1 rings (SSSR count). The molecule has 2 unspecified atom stereocenters. The average Bonchev–Trinajstić information content (AvgIpc) is 2.42. The van der Waals surface area contributed by atoms with Crippen LogP contribution in [0.4, 0.5) is 0 Å². The first-order chi connectivity index (χ1) is 9.51. The van der Waals surface area contributed by atoms with Crippen molar-refractivity contribution in [3.63, 3.8) is 0 Å². The van der Waals surface area contributed by atoms with Crippen LogP contribution >= 0.6 is 0 Å². The monoisotopic (exact) mass is 280 g/mol. The van der Waals surface area contributed by atoms with E-state index in [2.05, 4.69) is 15.3 Å². The van der Waals surface area contributed by atoms with E-state index in [-0.39, 0.29) is 24.5 Å². The summed E-state index contributed by atoms with van der Waals surface area (Å²) in [5.41, 5.74) is -0.403. The summed E-state index contributed by atoms with van der Waals surface area (Å²) in [6.07, 6.45) is 3.05. The summed E-state index contributed by atoms with van der Waals surface area (Å²) in [6.45, 7) is 3.86. The van der Waals surface area contributed by atoms with E-state index in [1.165, 1.54) is 7.11 Å². The third kappa shape index (κ3) is 3.95. The number of carbonyl (C=O) groups is 2. The zero-order valence-corrected chi connectivity index (χ0v) is 12.0. The summed E-state index contributed by atoms with van der Waals surface area (Å²) in [7, 11) is 1.24. The van der Waals surface area contributed by atoms with Gasteiger partial charge in [-0.1, -0.05) is 5.16 Å². The number of nitriles is 1. The fourth-order valence-electron chi connectivity index (χ4n) is 2.45. The molecule has 20 heavy (non-hydrogen) atoms. The number of likely N-dealkylation sites (tertiary alicyclic amines) is 1. The number of piperidine rings is 1. The Morgan fingerprint density at radius 1 is 1.40 bits per heavy atom. The van der Waals surface area contributed by atoms with Crippen molar-refractivity contribution < 1.29 is 14.4 Å². The molecule has 0 aromatic heterocycles. The van der Waals surface area contributed by atoms with E-state index in [9.17, 15) is 9.59 Å². The molecular formula is C13H20N4O3. The molecule has 1 aliphatic rings. The zero-order chi connectivity index (χ0) is 15.1. The normalized spacial score (nSPS) is 22.9. The minimum atomic E-state index is -0.708. The second-order valence-corrected chi connectivity index (χ2v) is 4.85. The van der Waals surface area contributed by atoms with Crippen LogP contribution in [0.25, 0.3) is 0 Å². The lowest BCUT2D eigenvalue weighted by Crippen LogP contribution is -2.51. The van der Waals surface area contributed by atoms with Crippen molar-refractivity contribution in [2.45, 2.75) is 45.2 Å². The molecule has 2 atom stereocenters. The van der Waals surface area contributed by atoms with Gasteiger partial charge in [-0.2, -0.15) is 5.26 Å². The van der Waals surface area contributed by atoms with Crippen molar-refractivity contribution in [2.24, 2.45) is 5.16 Å². The molecule has 1 saturated heterocycles. The molecule has 0 spiro atoms. The highest BCUT2D eigenvalue weighted by Gasteiger charge is 2.29. The third-order valence-electron chi connectivity index (χ3n) is 3.39. The molecule has 0 saturated carbocycles. The minimum Gasteiger partial charge on any atom is -0.398 e.